The Labute approximate surface area is 294 Å². The van der Waals surface area contributed by atoms with E-state index in [1.807, 2.05) is 0 Å². The van der Waals surface area contributed by atoms with Gasteiger partial charge in [-0.15, -0.1) is 0 Å². The number of unbranched alkanes of at least 4 members (excludes halogenated alkanes) is 34. The van der Waals surface area contributed by atoms with Crippen molar-refractivity contribution in [3.63, 3.8) is 0 Å². The van der Waals surface area contributed by atoms with Crippen LogP contribution >= 0.6 is 0 Å². The lowest BCUT2D eigenvalue weighted by atomic mass is 9.99. The second-order valence-corrected chi connectivity index (χ2v) is 15.4. The first-order valence-corrected chi connectivity index (χ1v) is 21.5. The van der Waals surface area contributed by atoms with E-state index in [1.54, 1.807) is 4.90 Å². The van der Waals surface area contributed by atoms with Crippen LogP contribution in [0.15, 0.2) is 0 Å². The molecule has 45 heavy (non-hydrogen) atoms. The summed E-state index contributed by atoms with van der Waals surface area (Å²) < 4.78 is 0. The van der Waals surface area contributed by atoms with Crippen LogP contribution in [0.4, 0.5) is 0 Å². The summed E-state index contributed by atoms with van der Waals surface area (Å²) in [6.07, 6.45) is 56.0. The van der Waals surface area contributed by atoms with Gasteiger partial charge < -0.3 is 17.3 Å². The van der Waals surface area contributed by atoms with Crippen molar-refractivity contribution in [2.45, 2.75) is 264 Å². The molecule has 0 rings (SSSR count). The molecule has 1 nitrogen and oxygen atoms in total. The van der Waals surface area contributed by atoms with E-state index in [0.29, 0.717) is 0 Å². The molecule has 1 N–H and O–H groups in total. The predicted octanol–water partition coefficient (Wildman–Crippen LogP) is 11.4. The summed E-state index contributed by atoms with van der Waals surface area (Å²) in [7, 11) is 4.79. The van der Waals surface area contributed by atoms with Crippen molar-refractivity contribution in [3.05, 3.63) is 0 Å². The summed E-state index contributed by atoms with van der Waals surface area (Å²) in [5, 5.41) is 0. The van der Waals surface area contributed by atoms with Gasteiger partial charge in [0.25, 0.3) is 0 Å². The molecule has 0 saturated heterocycles. The van der Waals surface area contributed by atoms with Gasteiger partial charge in [-0.3, -0.25) is 0 Å². The molecular formula is C43H90ClN. The topological polar surface area (TPSA) is 4.44 Å². The van der Waals surface area contributed by atoms with E-state index in [1.165, 1.54) is 244 Å². The maximum atomic E-state index is 2.40. The molecule has 0 heterocycles. The minimum absolute atomic E-state index is 0. The number of rotatable bonds is 39. The molecule has 0 atom stereocenters. The van der Waals surface area contributed by atoms with E-state index in [0.717, 1.165) is 6.04 Å². The van der Waals surface area contributed by atoms with Crippen LogP contribution in [0.1, 0.15) is 258 Å². The summed E-state index contributed by atoms with van der Waals surface area (Å²) in [6.45, 7) is 4.62. The molecule has 0 unspecified atom stereocenters. The van der Waals surface area contributed by atoms with Crippen LogP contribution in [0.2, 0.25) is 0 Å². The molecule has 0 bridgehead atoms. The van der Waals surface area contributed by atoms with E-state index in [9.17, 15) is 0 Å². The zero-order valence-electron chi connectivity index (χ0n) is 32.3. The molecule has 0 radical (unpaired) electrons. The molecule has 0 fully saturated rings. The van der Waals surface area contributed by atoms with Crippen LogP contribution in [-0.4, -0.2) is 20.1 Å². The van der Waals surface area contributed by atoms with Gasteiger partial charge in [0.15, 0.2) is 0 Å². The van der Waals surface area contributed by atoms with Gasteiger partial charge in [-0.2, -0.15) is 0 Å². The van der Waals surface area contributed by atoms with Crippen LogP contribution < -0.4 is 17.3 Å². The van der Waals surface area contributed by atoms with Crippen molar-refractivity contribution in [2.24, 2.45) is 0 Å². The molecule has 0 spiro atoms. The Kier molecular flexibility index (Phi) is 44.5. The zero-order chi connectivity index (χ0) is 32.0. The quantitative estimate of drug-likeness (QED) is 0.0628. The Morgan fingerprint density at radius 2 is 0.422 bits per heavy atom. The minimum atomic E-state index is 0. The SMILES string of the molecule is CCCCCCCCCCCCCCCCCCCCC(CCCCCCCCCCCCCCCCCCCC)[NH+](C)C.[Cl-]. The Balaban J connectivity index is 0. The van der Waals surface area contributed by atoms with Gasteiger partial charge in [-0.1, -0.05) is 232 Å². The molecule has 2 heteroatoms. The number of quaternary nitrogens is 1. The highest BCUT2D eigenvalue weighted by Crippen LogP contribution is 2.17. The molecule has 0 saturated carbocycles. The fourth-order valence-electron chi connectivity index (χ4n) is 7.31. The van der Waals surface area contributed by atoms with Gasteiger partial charge in [-0.25, -0.2) is 0 Å². The van der Waals surface area contributed by atoms with Crippen LogP contribution in [0.25, 0.3) is 0 Å². The van der Waals surface area contributed by atoms with Crippen LogP contribution in [0.5, 0.6) is 0 Å². The molecule has 0 aliphatic heterocycles. The smallest absolute Gasteiger partial charge is 0.0870 e. The van der Waals surface area contributed by atoms with Gasteiger partial charge in [0, 0.05) is 0 Å². The van der Waals surface area contributed by atoms with E-state index < -0.39 is 0 Å². The average molecular weight is 657 g/mol. The third-order valence-corrected chi connectivity index (χ3v) is 10.6. The van der Waals surface area contributed by atoms with Crippen LogP contribution in [-0.2, 0) is 0 Å². The average Bonchev–Trinajstić information content (AvgIpc) is 3.02. The second-order valence-electron chi connectivity index (χ2n) is 15.4. The summed E-state index contributed by atoms with van der Waals surface area (Å²) in [4.78, 5) is 1.70. The van der Waals surface area contributed by atoms with E-state index in [-0.39, 0.29) is 12.4 Å². The summed E-state index contributed by atoms with van der Waals surface area (Å²) in [6, 6.07) is 0.900. The van der Waals surface area contributed by atoms with E-state index in [4.69, 9.17) is 0 Å². The Morgan fingerprint density at radius 1 is 0.267 bits per heavy atom. The molecular weight excluding hydrogens is 566 g/mol. The highest BCUT2D eigenvalue weighted by Gasteiger charge is 2.14. The first kappa shape index (κ1) is 47.4. The lowest BCUT2D eigenvalue weighted by molar-refractivity contribution is -0.886. The fourth-order valence-corrected chi connectivity index (χ4v) is 7.31. The number of halogens is 1. The van der Waals surface area contributed by atoms with Crippen molar-refractivity contribution in [1.82, 2.24) is 0 Å². The van der Waals surface area contributed by atoms with E-state index in [2.05, 4.69) is 27.9 Å². The van der Waals surface area contributed by atoms with Crippen LogP contribution in [0.3, 0.4) is 0 Å². The van der Waals surface area contributed by atoms with Gasteiger partial charge in [0.1, 0.15) is 0 Å². The van der Waals surface area contributed by atoms with Crippen molar-refractivity contribution in [3.8, 4) is 0 Å². The third kappa shape index (κ3) is 40.3. The summed E-state index contributed by atoms with van der Waals surface area (Å²) in [5.74, 6) is 0. The van der Waals surface area contributed by atoms with Crippen molar-refractivity contribution < 1.29 is 17.3 Å². The Bertz CT molecular complexity index is 452. The van der Waals surface area contributed by atoms with Gasteiger partial charge in [0.2, 0.25) is 0 Å². The molecule has 0 aromatic heterocycles. The maximum absolute atomic E-state index is 2.40. The molecule has 0 amide bonds. The Hall–Kier alpha value is 0.250. The molecule has 0 aliphatic rings. The maximum Gasteiger partial charge on any atom is 0.0870 e. The van der Waals surface area contributed by atoms with Gasteiger partial charge in [0.05, 0.1) is 20.1 Å². The monoisotopic (exact) mass is 656 g/mol. The van der Waals surface area contributed by atoms with E-state index >= 15 is 0 Å². The van der Waals surface area contributed by atoms with Crippen molar-refractivity contribution >= 4 is 0 Å². The van der Waals surface area contributed by atoms with Gasteiger partial charge in [-0.05, 0) is 25.7 Å². The fraction of sp³-hybridized carbons (Fsp3) is 1.00. The summed E-state index contributed by atoms with van der Waals surface area (Å²) >= 11 is 0. The lowest BCUT2D eigenvalue weighted by Crippen LogP contribution is -3.10. The molecule has 274 valence electrons. The van der Waals surface area contributed by atoms with Crippen molar-refractivity contribution in [1.29, 1.82) is 0 Å². The lowest BCUT2D eigenvalue weighted by Gasteiger charge is -2.21. The molecule has 0 aromatic rings. The first-order chi connectivity index (χ1) is 21.7. The van der Waals surface area contributed by atoms with Crippen LogP contribution in [0, 0.1) is 0 Å². The Morgan fingerprint density at radius 3 is 0.578 bits per heavy atom. The normalized spacial score (nSPS) is 11.6. The highest BCUT2D eigenvalue weighted by molar-refractivity contribution is 4.59. The highest BCUT2D eigenvalue weighted by atomic mass is 35.5. The first-order valence-electron chi connectivity index (χ1n) is 21.5. The standard InChI is InChI=1S/C43H89N.ClH/c1-5-7-9-11-13-15-17-19-21-23-25-27-29-31-33-35-37-39-41-43(44(3)4)42-40-38-36-34-32-30-28-26-24-22-20-18-16-14-12-10-8-6-2;/h43H,5-42H2,1-4H3;1H. The number of nitrogens with one attached hydrogen (secondary N) is 1. The zero-order valence-corrected chi connectivity index (χ0v) is 33.1. The minimum Gasteiger partial charge on any atom is -1.00 e. The van der Waals surface area contributed by atoms with Crippen molar-refractivity contribution in [2.75, 3.05) is 14.1 Å². The van der Waals surface area contributed by atoms with Gasteiger partial charge >= 0.3 is 0 Å². The molecule has 0 aliphatic carbocycles. The molecule has 0 aromatic carbocycles. The largest absolute Gasteiger partial charge is 1.00 e. The number of hydrogen-bond acceptors (Lipinski definition) is 0. The summed E-state index contributed by atoms with van der Waals surface area (Å²) in [5.41, 5.74) is 0. The number of hydrogen-bond donors (Lipinski definition) is 1. The third-order valence-electron chi connectivity index (χ3n) is 10.6. The predicted molar refractivity (Wildman–Crippen MR) is 203 cm³/mol. The second kappa shape index (κ2) is 42.3.